The van der Waals surface area contributed by atoms with Crippen LogP contribution in [-0.4, -0.2) is 18.2 Å². The molecular weight excluding hydrogens is 243 g/mol. The normalized spacial score (nSPS) is 39.7. The molecule has 0 saturated heterocycles. The van der Waals surface area contributed by atoms with Crippen LogP contribution in [0.4, 0.5) is 0 Å². The minimum atomic E-state index is 0.324. The van der Waals surface area contributed by atoms with Gasteiger partial charge in [0.2, 0.25) is 0 Å². The third-order valence-corrected chi connectivity index (χ3v) is 5.70. The molecule has 3 nitrogen and oxygen atoms in total. The molecule has 18 heavy (non-hydrogen) atoms. The van der Waals surface area contributed by atoms with Crippen molar-refractivity contribution in [3.8, 4) is 0 Å². The third kappa shape index (κ3) is 3.76. The molecule has 104 valence electrons. The summed E-state index contributed by atoms with van der Waals surface area (Å²) >= 11 is 0. The molecule has 0 atom stereocenters. The Morgan fingerprint density at radius 1 is 0.833 bits per heavy atom. The second-order valence-corrected chi connectivity index (χ2v) is 6.95. The molecule has 0 bridgehead atoms. The van der Waals surface area contributed by atoms with E-state index >= 15 is 0 Å². The van der Waals surface area contributed by atoms with Crippen LogP contribution < -0.4 is 11.5 Å². The largest absolute Gasteiger partial charge is 0.328 e. The van der Waals surface area contributed by atoms with Crippen molar-refractivity contribution in [3.63, 3.8) is 0 Å². The number of rotatable bonds is 4. The second kappa shape index (κ2) is 6.98. The van der Waals surface area contributed by atoms with Gasteiger partial charge in [0, 0.05) is 18.2 Å². The maximum Gasteiger partial charge on any atom is 0.155 e. The van der Waals surface area contributed by atoms with Gasteiger partial charge in [0.15, 0.2) is 8.46 Å². The summed E-state index contributed by atoms with van der Waals surface area (Å²) in [6, 6.07) is 0.818. The lowest BCUT2D eigenvalue weighted by Gasteiger charge is -2.39. The lowest BCUT2D eigenvalue weighted by Crippen LogP contribution is -2.36. The Bertz CT molecular complexity index is 237. The first-order valence-electron chi connectivity index (χ1n) is 7.51. The van der Waals surface area contributed by atoms with Crippen molar-refractivity contribution in [3.05, 3.63) is 0 Å². The van der Waals surface area contributed by atoms with Crippen LogP contribution in [0.25, 0.3) is 0 Å². The van der Waals surface area contributed by atoms with E-state index in [1.807, 2.05) is 0 Å². The summed E-state index contributed by atoms with van der Waals surface area (Å²) in [5, 5.41) is 0. The lowest BCUT2D eigenvalue weighted by molar-refractivity contribution is 0.150. The van der Waals surface area contributed by atoms with Crippen LogP contribution in [0.3, 0.4) is 0 Å². The van der Waals surface area contributed by atoms with Crippen LogP contribution >= 0.6 is 8.46 Å². The van der Waals surface area contributed by atoms with Crippen molar-refractivity contribution in [2.45, 2.75) is 63.5 Å². The van der Waals surface area contributed by atoms with E-state index in [1.165, 1.54) is 25.7 Å². The first-order chi connectivity index (χ1) is 8.70. The topological polar surface area (TPSA) is 69.1 Å². The molecule has 2 aliphatic carbocycles. The van der Waals surface area contributed by atoms with Gasteiger partial charge >= 0.3 is 0 Å². The van der Waals surface area contributed by atoms with Crippen LogP contribution in [0.1, 0.15) is 51.4 Å². The molecule has 0 heterocycles. The van der Waals surface area contributed by atoms with E-state index < -0.39 is 0 Å². The molecule has 0 unspecified atom stereocenters. The van der Waals surface area contributed by atoms with Crippen molar-refractivity contribution >= 4 is 8.46 Å². The Labute approximate surface area is 112 Å². The van der Waals surface area contributed by atoms with Crippen LogP contribution in [-0.2, 0) is 4.57 Å². The van der Waals surface area contributed by atoms with E-state index in [4.69, 9.17) is 11.5 Å². The Morgan fingerprint density at radius 3 is 1.56 bits per heavy atom. The zero-order valence-corrected chi connectivity index (χ0v) is 12.2. The van der Waals surface area contributed by atoms with Crippen LogP contribution in [0.2, 0.25) is 0 Å². The smallest absolute Gasteiger partial charge is 0.155 e. The Morgan fingerprint density at radius 2 is 1.22 bits per heavy atom. The zero-order chi connectivity index (χ0) is 13.0. The highest BCUT2D eigenvalue weighted by atomic mass is 31.1. The van der Waals surface area contributed by atoms with Crippen LogP contribution in [0.5, 0.6) is 0 Å². The zero-order valence-electron chi connectivity index (χ0n) is 11.3. The summed E-state index contributed by atoms with van der Waals surface area (Å²) in [7, 11) is 0.324. The summed E-state index contributed by atoms with van der Waals surface area (Å²) in [5.74, 6) is 2.15. The summed E-state index contributed by atoms with van der Waals surface area (Å²) in [5.41, 5.74) is 12.0. The van der Waals surface area contributed by atoms with Crippen LogP contribution in [0.15, 0.2) is 0 Å². The van der Waals surface area contributed by atoms with Gasteiger partial charge in [0.1, 0.15) is 0 Å². The van der Waals surface area contributed by atoms with Crippen molar-refractivity contribution in [2.75, 3.05) is 6.16 Å². The highest BCUT2D eigenvalue weighted by Crippen LogP contribution is 2.40. The molecule has 0 radical (unpaired) electrons. The van der Waals surface area contributed by atoms with Crippen LogP contribution in [0, 0.1) is 17.8 Å². The SMILES string of the molecule is NC1CCC(C(CP=O)C2CCC(N)CC2)CC1. The van der Waals surface area contributed by atoms with E-state index in [-0.39, 0.29) is 0 Å². The first-order valence-corrected chi connectivity index (χ1v) is 8.50. The minimum Gasteiger partial charge on any atom is -0.328 e. The van der Waals surface area contributed by atoms with Crippen molar-refractivity contribution in [1.82, 2.24) is 0 Å². The van der Waals surface area contributed by atoms with Crippen molar-refractivity contribution in [2.24, 2.45) is 29.2 Å². The quantitative estimate of drug-likeness (QED) is 0.772. The van der Waals surface area contributed by atoms with E-state index in [0.29, 0.717) is 26.5 Å². The van der Waals surface area contributed by atoms with E-state index in [1.54, 1.807) is 0 Å². The molecular formula is C14H27N2OP. The second-order valence-electron chi connectivity index (χ2n) is 6.33. The molecule has 4 heteroatoms. The van der Waals surface area contributed by atoms with Crippen molar-refractivity contribution < 1.29 is 4.57 Å². The lowest BCUT2D eigenvalue weighted by atomic mass is 9.69. The molecule has 0 aromatic carbocycles. The fraction of sp³-hybridized carbons (Fsp3) is 1.00. The number of nitrogens with two attached hydrogens (primary N) is 2. The molecule has 2 aliphatic rings. The van der Waals surface area contributed by atoms with Gasteiger partial charge in [-0.05, 0) is 69.1 Å². The van der Waals surface area contributed by atoms with E-state index in [9.17, 15) is 4.57 Å². The van der Waals surface area contributed by atoms with Gasteiger partial charge < -0.3 is 11.5 Å². The first kappa shape index (κ1) is 14.4. The number of hydrogen-bond donors (Lipinski definition) is 2. The predicted octanol–water partition coefficient (Wildman–Crippen LogP) is 2.93. The molecule has 2 rings (SSSR count). The average Bonchev–Trinajstić information content (AvgIpc) is 2.39. The molecule has 0 aliphatic heterocycles. The van der Waals surface area contributed by atoms with Gasteiger partial charge in [-0.2, -0.15) is 0 Å². The summed E-state index contributed by atoms with van der Waals surface area (Å²) in [6.07, 6.45) is 10.4. The maximum atomic E-state index is 11.1. The Kier molecular flexibility index (Phi) is 5.59. The summed E-state index contributed by atoms with van der Waals surface area (Å²) in [6.45, 7) is 0. The predicted molar refractivity (Wildman–Crippen MR) is 75.8 cm³/mol. The fourth-order valence-electron chi connectivity index (χ4n) is 3.92. The number of hydrogen-bond acceptors (Lipinski definition) is 3. The molecule has 0 spiro atoms. The van der Waals surface area contributed by atoms with E-state index in [0.717, 1.165) is 43.7 Å². The molecule has 4 N–H and O–H groups in total. The van der Waals surface area contributed by atoms with Crippen molar-refractivity contribution in [1.29, 1.82) is 0 Å². The Hall–Kier alpha value is 0.0200. The van der Waals surface area contributed by atoms with Gasteiger partial charge in [0.25, 0.3) is 0 Å². The van der Waals surface area contributed by atoms with Gasteiger partial charge in [-0.15, -0.1) is 0 Å². The van der Waals surface area contributed by atoms with Gasteiger partial charge in [0.05, 0.1) is 0 Å². The molecule has 0 amide bonds. The molecule has 2 saturated carbocycles. The standard InChI is InChI=1S/C14H27N2OP/c15-12-5-1-10(2-6-12)14(9-18-17)11-3-7-13(16)8-4-11/h10-14H,1-9,15-16H2. The monoisotopic (exact) mass is 270 g/mol. The van der Waals surface area contributed by atoms with Gasteiger partial charge in [-0.3, -0.25) is 4.57 Å². The van der Waals surface area contributed by atoms with Gasteiger partial charge in [-0.25, -0.2) is 0 Å². The van der Waals surface area contributed by atoms with E-state index in [2.05, 4.69) is 0 Å². The molecule has 2 fully saturated rings. The average molecular weight is 270 g/mol. The maximum absolute atomic E-state index is 11.1. The Balaban J connectivity index is 1.92. The molecule has 0 aromatic rings. The third-order valence-electron chi connectivity index (χ3n) is 5.13. The minimum absolute atomic E-state index is 0.324. The summed E-state index contributed by atoms with van der Waals surface area (Å²) < 4.78 is 11.1. The highest BCUT2D eigenvalue weighted by Gasteiger charge is 2.33. The fourth-order valence-corrected chi connectivity index (χ4v) is 4.68. The highest BCUT2D eigenvalue weighted by molar-refractivity contribution is 7.23. The summed E-state index contributed by atoms with van der Waals surface area (Å²) in [4.78, 5) is 0. The molecule has 0 aromatic heterocycles. The van der Waals surface area contributed by atoms with Gasteiger partial charge in [-0.1, -0.05) is 0 Å².